The minimum atomic E-state index is -4.78. The van der Waals surface area contributed by atoms with E-state index in [4.69, 9.17) is 5.73 Å². The SMILES string of the molecule is C[C@H](C(N)=O)c1ccc(-c2ccc([C@H](N[C@@H](CC(C)(C)F)C(=O)NC3(C#N)CC3)C(F)(F)F)cc2)cc1. The van der Waals surface area contributed by atoms with Crippen LogP contribution in [0.1, 0.15) is 63.1 Å². The molecule has 1 fully saturated rings. The Balaban J connectivity index is 1.84. The molecule has 37 heavy (non-hydrogen) atoms. The smallest absolute Gasteiger partial charge is 0.369 e. The number of nitrogens with one attached hydrogen (secondary N) is 2. The number of benzene rings is 2. The van der Waals surface area contributed by atoms with E-state index in [2.05, 4.69) is 10.6 Å². The van der Waals surface area contributed by atoms with Crippen LogP contribution in [0.5, 0.6) is 0 Å². The lowest BCUT2D eigenvalue weighted by molar-refractivity contribution is -0.161. The lowest BCUT2D eigenvalue weighted by atomic mass is 9.95. The van der Waals surface area contributed by atoms with E-state index in [0.29, 0.717) is 18.4 Å². The van der Waals surface area contributed by atoms with Crippen molar-refractivity contribution in [1.29, 1.82) is 5.26 Å². The number of nitrogens with two attached hydrogens (primary N) is 1. The van der Waals surface area contributed by atoms with Crippen molar-refractivity contribution in [2.75, 3.05) is 0 Å². The molecule has 10 heteroatoms. The number of halogens is 4. The highest BCUT2D eigenvalue weighted by Gasteiger charge is 2.48. The van der Waals surface area contributed by atoms with Crippen LogP contribution in [0.15, 0.2) is 48.5 Å². The normalized spacial score (nSPS) is 17.2. The Labute approximate surface area is 213 Å². The van der Waals surface area contributed by atoms with Crippen LogP contribution in [0.25, 0.3) is 11.1 Å². The molecular weight excluding hydrogens is 488 g/mol. The second kappa shape index (κ2) is 10.5. The van der Waals surface area contributed by atoms with Crippen molar-refractivity contribution in [3.8, 4) is 17.2 Å². The predicted molar refractivity (Wildman–Crippen MR) is 131 cm³/mol. The summed E-state index contributed by atoms with van der Waals surface area (Å²) in [6, 6.07) is 10.8. The molecule has 2 aromatic rings. The highest BCUT2D eigenvalue weighted by molar-refractivity contribution is 5.83. The maximum absolute atomic E-state index is 14.5. The number of nitrogens with zero attached hydrogens (tertiary/aromatic N) is 1. The topological polar surface area (TPSA) is 108 Å². The molecule has 0 aromatic heterocycles. The standard InChI is InChI=1S/C27H30F4N4O2/c1-16(23(33)36)17-4-6-18(7-5-17)19-8-10-20(11-9-19)22(27(29,30)31)34-21(14-25(2,3)28)24(37)35-26(15-32)12-13-26/h4-11,16,21-22,34H,12-14H2,1-3H3,(H2,33,36)(H,35,37)/t16-,21-,22-/m0/s1. The molecule has 1 aliphatic carbocycles. The Morgan fingerprint density at radius 3 is 1.86 bits per heavy atom. The van der Waals surface area contributed by atoms with Gasteiger partial charge < -0.3 is 11.1 Å². The van der Waals surface area contributed by atoms with Crippen LogP contribution < -0.4 is 16.4 Å². The molecule has 0 aliphatic heterocycles. The van der Waals surface area contributed by atoms with E-state index in [0.717, 1.165) is 11.1 Å². The second-order valence-electron chi connectivity index (χ2n) is 10.2. The molecule has 1 aliphatic rings. The van der Waals surface area contributed by atoms with Gasteiger partial charge in [0, 0.05) is 6.42 Å². The average Bonchev–Trinajstić information content (AvgIpc) is 3.59. The molecule has 0 spiro atoms. The lowest BCUT2D eigenvalue weighted by Crippen LogP contribution is -2.53. The molecule has 2 aromatic carbocycles. The average molecular weight is 519 g/mol. The van der Waals surface area contributed by atoms with Crippen LogP contribution in [0.2, 0.25) is 0 Å². The van der Waals surface area contributed by atoms with Crippen molar-refractivity contribution in [3.05, 3.63) is 59.7 Å². The van der Waals surface area contributed by atoms with Crippen LogP contribution in [0, 0.1) is 11.3 Å². The van der Waals surface area contributed by atoms with Gasteiger partial charge in [0.1, 0.15) is 17.2 Å². The summed E-state index contributed by atoms with van der Waals surface area (Å²) in [5, 5.41) is 14.0. The first-order valence-corrected chi connectivity index (χ1v) is 11.9. The zero-order valence-corrected chi connectivity index (χ0v) is 20.8. The molecule has 1 saturated carbocycles. The van der Waals surface area contributed by atoms with Crippen LogP contribution >= 0.6 is 0 Å². The first-order chi connectivity index (χ1) is 17.1. The van der Waals surface area contributed by atoms with Gasteiger partial charge in [0.25, 0.3) is 0 Å². The molecule has 198 valence electrons. The van der Waals surface area contributed by atoms with Crippen molar-refractivity contribution in [3.63, 3.8) is 0 Å². The molecular formula is C27H30F4N4O2. The number of rotatable bonds is 10. The monoisotopic (exact) mass is 518 g/mol. The van der Waals surface area contributed by atoms with Crippen LogP contribution in [-0.4, -0.2) is 35.2 Å². The molecule has 0 heterocycles. The Morgan fingerprint density at radius 1 is 1.00 bits per heavy atom. The summed E-state index contributed by atoms with van der Waals surface area (Å²) in [7, 11) is 0. The van der Waals surface area contributed by atoms with Crippen LogP contribution in [-0.2, 0) is 9.59 Å². The van der Waals surface area contributed by atoms with Gasteiger partial charge in [-0.25, -0.2) is 4.39 Å². The van der Waals surface area contributed by atoms with E-state index in [1.807, 2.05) is 6.07 Å². The fourth-order valence-electron chi connectivity index (χ4n) is 4.00. The van der Waals surface area contributed by atoms with Gasteiger partial charge in [0.2, 0.25) is 11.8 Å². The maximum Gasteiger partial charge on any atom is 0.407 e. The third kappa shape index (κ3) is 7.29. The number of carbonyl (C=O) groups is 2. The van der Waals surface area contributed by atoms with Crippen molar-refractivity contribution >= 4 is 11.8 Å². The van der Waals surface area contributed by atoms with E-state index < -0.39 is 53.6 Å². The number of hydrogen-bond acceptors (Lipinski definition) is 4. The van der Waals surface area contributed by atoms with Gasteiger partial charge in [-0.1, -0.05) is 48.5 Å². The third-order valence-corrected chi connectivity index (χ3v) is 6.44. The summed E-state index contributed by atoms with van der Waals surface area (Å²) in [5.41, 5.74) is 4.24. The summed E-state index contributed by atoms with van der Waals surface area (Å²) in [4.78, 5) is 24.2. The quantitative estimate of drug-likeness (QED) is 0.392. The Kier molecular flexibility index (Phi) is 7.98. The van der Waals surface area contributed by atoms with Gasteiger partial charge in [0.15, 0.2) is 0 Å². The fraction of sp³-hybridized carbons (Fsp3) is 0.444. The highest BCUT2D eigenvalue weighted by Crippen LogP contribution is 2.37. The number of hydrogen-bond donors (Lipinski definition) is 3. The van der Waals surface area contributed by atoms with Crippen molar-refractivity contribution in [2.45, 2.75) is 75.4 Å². The molecule has 0 saturated heterocycles. The molecule has 4 N–H and O–H groups in total. The molecule has 2 amide bonds. The first kappa shape index (κ1) is 28.1. The molecule has 0 unspecified atom stereocenters. The zero-order valence-electron chi connectivity index (χ0n) is 20.8. The largest absolute Gasteiger partial charge is 0.407 e. The number of amides is 2. The van der Waals surface area contributed by atoms with Crippen LogP contribution in [0.4, 0.5) is 17.6 Å². The number of nitriles is 1. The van der Waals surface area contributed by atoms with Gasteiger partial charge >= 0.3 is 6.18 Å². The Hall–Kier alpha value is -3.45. The molecule has 6 nitrogen and oxygen atoms in total. The molecule has 0 radical (unpaired) electrons. The predicted octanol–water partition coefficient (Wildman–Crippen LogP) is 4.81. The van der Waals surface area contributed by atoms with Gasteiger partial charge in [-0.3, -0.25) is 14.9 Å². The summed E-state index contributed by atoms with van der Waals surface area (Å²) < 4.78 is 56.8. The first-order valence-electron chi connectivity index (χ1n) is 11.9. The maximum atomic E-state index is 14.5. The molecule has 3 atom stereocenters. The van der Waals surface area contributed by atoms with E-state index in [1.54, 1.807) is 31.2 Å². The zero-order chi connectivity index (χ0) is 27.6. The highest BCUT2D eigenvalue weighted by atomic mass is 19.4. The van der Waals surface area contributed by atoms with E-state index in [9.17, 15) is 32.4 Å². The number of alkyl halides is 4. The van der Waals surface area contributed by atoms with Crippen molar-refractivity contribution in [1.82, 2.24) is 10.6 Å². The van der Waals surface area contributed by atoms with Crippen LogP contribution in [0.3, 0.4) is 0 Å². The molecule has 0 bridgehead atoms. The van der Waals surface area contributed by atoms with Crippen molar-refractivity contribution < 1.29 is 27.2 Å². The second-order valence-corrected chi connectivity index (χ2v) is 10.2. The number of primary amides is 1. The summed E-state index contributed by atoms with van der Waals surface area (Å²) in [6.45, 7) is 4.04. The number of carbonyl (C=O) groups excluding carboxylic acids is 2. The van der Waals surface area contributed by atoms with E-state index in [1.165, 1.54) is 38.1 Å². The Morgan fingerprint density at radius 2 is 1.49 bits per heavy atom. The van der Waals surface area contributed by atoms with Gasteiger partial charge in [-0.15, -0.1) is 0 Å². The third-order valence-electron chi connectivity index (χ3n) is 6.44. The summed E-state index contributed by atoms with van der Waals surface area (Å²) in [6.07, 6.45) is -4.50. The minimum Gasteiger partial charge on any atom is -0.369 e. The van der Waals surface area contributed by atoms with Crippen molar-refractivity contribution in [2.24, 2.45) is 5.73 Å². The van der Waals surface area contributed by atoms with Gasteiger partial charge in [-0.05, 0) is 55.9 Å². The Bertz CT molecular complexity index is 1160. The lowest BCUT2D eigenvalue weighted by Gasteiger charge is -2.30. The van der Waals surface area contributed by atoms with E-state index in [-0.39, 0.29) is 5.56 Å². The van der Waals surface area contributed by atoms with E-state index >= 15 is 0 Å². The summed E-state index contributed by atoms with van der Waals surface area (Å²) >= 11 is 0. The van der Waals surface area contributed by atoms with Gasteiger partial charge in [0.05, 0.1) is 18.0 Å². The molecule has 3 rings (SSSR count). The minimum absolute atomic E-state index is 0.147. The summed E-state index contributed by atoms with van der Waals surface area (Å²) in [5.74, 6) is -1.79. The van der Waals surface area contributed by atoms with Gasteiger partial charge in [-0.2, -0.15) is 18.4 Å². The fourth-order valence-corrected chi connectivity index (χ4v) is 4.00.